The smallest absolute Gasteiger partial charge is 0.131 e. The Kier molecular flexibility index (Phi) is 5.81. The summed E-state index contributed by atoms with van der Waals surface area (Å²) >= 11 is 3.53. The van der Waals surface area contributed by atoms with E-state index < -0.39 is 0 Å². The van der Waals surface area contributed by atoms with Gasteiger partial charge in [0.05, 0.1) is 7.11 Å². The van der Waals surface area contributed by atoms with E-state index in [0.717, 1.165) is 18.4 Å². The van der Waals surface area contributed by atoms with Gasteiger partial charge in [-0.15, -0.1) is 0 Å². The van der Waals surface area contributed by atoms with Crippen LogP contribution in [0.15, 0.2) is 18.2 Å². The summed E-state index contributed by atoms with van der Waals surface area (Å²) in [5, 5.41) is 0. The Labute approximate surface area is 105 Å². The number of methoxy groups -OCH3 is 1. The van der Waals surface area contributed by atoms with Crippen molar-refractivity contribution in [2.24, 2.45) is 0 Å². The third-order valence-corrected chi connectivity index (χ3v) is 3.56. The van der Waals surface area contributed by atoms with Crippen LogP contribution in [0.3, 0.4) is 0 Å². The van der Waals surface area contributed by atoms with Crippen LogP contribution in [0.2, 0.25) is 0 Å². The number of unbranched alkanes of at least 4 members (excludes halogenated alkanes) is 2. The van der Waals surface area contributed by atoms with Gasteiger partial charge in [-0.05, 0) is 12.5 Å². The Bertz CT molecular complexity index is 328. The first-order valence-corrected chi connectivity index (χ1v) is 6.58. The number of rotatable bonds is 6. The zero-order chi connectivity index (χ0) is 12.0. The minimum Gasteiger partial charge on any atom is -0.497 e. The van der Waals surface area contributed by atoms with Gasteiger partial charge in [0.2, 0.25) is 0 Å². The lowest BCUT2D eigenvalue weighted by molar-refractivity contribution is 0.410. The molecule has 0 aliphatic carbocycles. The second kappa shape index (κ2) is 6.89. The van der Waals surface area contributed by atoms with Crippen LogP contribution in [-0.2, 0) is 0 Å². The topological polar surface area (TPSA) is 9.23 Å². The molecule has 0 heterocycles. The van der Waals surface area contributed by atoms with Crippen LogP contribution >= 0.6 is 15.9 Å². The van der Waals surface area contributed by atoms with Crippen LogP contribution in [0.4, 0.5) is 4.39 Å². The van der Waals surface area contributed by atoms with Gasteiger partial charge in [0, 0.05) is 16.5 Å². The Hall–Kier alpha value is -0.570. The molecule has 0 radical (unpaired) electrons. The molecule has 0 spiro atoms. The number of benzene rings is 1. The third kappa shape index (κ3) is 3.78. The fourth-order valence-corrected chi connectivity index (χ4v) is 2.31. The van der Waals surface area contributed by atoms with Gasteiger partial charge < -0.3 is 4.74 Å². The molecule has 1 unspecified atom stereocenters. The molecule has 3 heteroatoms. The van der Waals surface area contributed by atoms with Crippen molar-refractivity contribution in [2.45, 2.75) is 37.4 Å². The fraction of sp³-hybridized carbons (Fsp3) is 0.538. The van der Waals surface area contributed by atoms with Crippen molar-refractivity contribution < 1.29 is 9.13 Å². The number of hydrogen-bond acceptors (Lipinski definition) is 1. The van der Waals surface area contributed by atoms with Gasteiger partial charge in [-0.3, -0.25) is 0 Å². The predicted octanol–water partition coefficient (Wildman–Crippen LogP) is 4.85. The van der Waals surface area contributed by atoms with E-state index in [1.165, 1.54) is 18.9 Å². The summed E-state index contributed by atoms with van der Waals surface area (Å²) in [6.45, 7) is 2.16. The molecule has 0 N–H and O–H groups in total. The van der Waals surface area contributed by atoms with Gasteiger partial charge in [0.15, 0.2) is 0 Å². The minimum atomic E-state index is -0.197. The van der Waals surface area contributed by atoms with E-state index in [1.54, 1.807) is 19.2 Å². The molecule has 1 aromatic rings. The summed E-state index contributed by atoms with van der Waals surface area (Å²) < 4.78 is 18.7. The highest BCUT2D eigenvalue weighted by Gasteiger charge is 2.12. The first-order valence-electron chi connectivity index (χ1n) is 5.66. The van der Waals surface area contributed by atoms with E-state index >= 15 is 0 Å². The Morgan fingerprint density at radius 3 is 2.69 bits per heavy atom. The van der Waals surface area contributed by atoms with Gasteiger partial charge >= 0.3 is 0 Å². The van der Waals surface area contributed by atoms with Gasteiger partial charge in [0.25, 0.3) is 0 Å². The zero-order valence-corrected chi connectivity index (χ0v) is 11.4. The van der Waals surface area contributed by atoms with Crippen molar-refractivity contribution in [3.05, 3.63) is 29.6 Å². The van der Waals surface area contributed by atoms with E-state index in [9.17, 15) is 4.39 Å². The average molecular weight is 289 g/mol. The van der Waals surface area contributed by atoms with Crippen molar-refractivity contribution in [1.29, 1.82) is 0 Å². The summed E-state index contributed by atoms with van der Waals surface area (Å²) in [6.07, 6.45) is 4.47. The molecule has 0 amide bonds. The van der Waals surface area contributed by atoms with Crippen molar-refractivity contribution in [3.8, 4) is 5.75 Å². The van der Waals surface area contributed by atoms with Gasteiger partial charge in [-0.1, -0.05) is 48.2 Å². The van der Waals surface area contributed by atoms with Crippen LogP contribution in [-0.4, -0.2) is 7.11 Å². The molecule has 0 aliphatic heterocycles. The van der Waals surface area contributed by atoms with Crippen molar-refractivity contribution in [2.75, 3.05) is 7.11 Å². The highest BCUT2D eigenvalue weighted by atomic mass is 79.9. The van der Waals surface area contributed by atoms with Crippen molar-refractivity contribution in [3.63, 3.8) is 0 Å². The molecule has 0 fully saturated rings. The van der Waals surface area contributed by atoms with E-state index in [0.29, 0.717) is 5.75 Å². The summed E-state index contributed by atoms with van der Waals surface area (Å²) in [7, 11) is 1.54. The van der Waals surface area contributed by atoms with Crippen LogP contribution in [0.25, 0.3) is 0 Å². The number of halogens is 2. The first-order chi connectivity index (χ1) is 7.69. The van der Waals surface area contributed by atoms with E-state index in [-0.39, 0.29) is 10.6 Å². The third-order valence-electron chi connectivity index (χ3n) is 2.61. The Balaban J connectivity index is 2.64. The largest absolute Gasteiger partial charge is 0.497 e. The maximum absolute atomic E-state index is 13.7. The molecule has 0 aliphatic rings. The Morgan fingerprint density at radius 1 is 1.38 bits per heavy atom. The average Bonchev–Trinajstić information content (AvgIpc) is 2.29. The van der Waals surface area contributed by atoms with Crippen LogP contribution in [0, 0.1) is 5.82 Å². The zero-order valence-electron chi connectivity index (χ0n) is 9.80. The van der Waals surface area contributed by atoms with Crippen LogP contribution in [0.1, 0.15) is 43.0 Å². The maximum atomic E-state index is 13.7. The SMILES string of the molecule is CCCCCC(Br)c1ccc(OC)cc1F. The quantitative estimate of drug-likeness (QED) is 0.537. The number of alkyl halides is 1. The molecule has 1 nitrogen and oxygen atoms in total. The Morgan fingerprint density at radius 2 is 2.12 bits per heavy atom. The van der Waals surface area contributed by atoms with Gasteiger partial charge in [-0.25, -0.2) is 4.39 Å². The summed E-state index contributed by atoms with van der Waals surface area (Å²) in [5.41, 5.74) is 0.719. The fourth-order valence-electron chi connectivity index (χ4n) is 1.62. The molecule has 0 saturated carbocycles. The lowest BCUT2D eigenvalue weighted by Crippen LogP contribution is -1.96. The lowest BCUT2D eigenvalue weighted by atomic mass is 10.1. The molecule has 0 bridgehead atoms. The standard InChI is InChI=1S/C13H18BrFO/c1-3-4-5-6-12(14)11-8-7-10(16-2)9-13(11)15/h7-9,12H,3-6H2,1-2H3. The number of ether oxygens (including phenoxy) is 1. The molecule has 1 aromatic carbocycles. The van der Waals surface area contributed by atoms with Crippen LogP contribution < -0.4 is 4.74 Å². The van der Waals surface area contributed by atoms with Gasteiger partial charge in [0.1, 0.15) is 11.6 Å². The monoisotopic (exact) mass is 288 g/mol. The molecule has 1 rings (SSSR count). The summed E-state index contributed by atoms with van der Waals surface area (Å²) in [6, 6.07) is 5.02. The predicted molar refractivity (Wildman–Crippen MR) is 68.8 cm³/mol. The van der Waals surface area contributed by atoms with E-state index in [2.05, 4.69) is 22.9 Å². The van der Waals surface area contributed by atoms with E-state index in [1.807, 2.05) is 0 Å². The highest BCUT2D eigenvalue weighted by molar-refractivity contribution is 9.09. The molecule has 1 atom stereocenters. The first kappa shape index (κ1) is 13.5. The lowest BCUT2D eigenvalue weighted by Gasteiger charge is -2.11. The maximum Gasteiger partial charge on any atom is 0.131 e. The van der Waals surface area contributed by atoms with Crippen molar-refractivity contribution >= 4 is 15.9 Å². The minimum absolute atomic E-state index is 0.102. The summed E-state index contributed by atoms with van der Waals surface area (Å²) in [4.78, 5) is 0.102. The van der Waals surface area contributed by atoms with Gasteiger partial charge in [-0.2, -0.15) is 0 Å². The van der Waals surface area contributed by atoms with Crippen molar-refractivity contribution in [1.82, 2.24) is 0 Å². The molecule has 16 heavy (non-hydrogen) atoms. The molecular formula is C13H18BrFO. The second-order valence-electron chi connectivity index (χ2n) is 3.85. The highest BCUT2D eigenvalue weighted by Crippen LogP contribution is 2.32. The molecule has 0 saturated heterocycles. The summed E-state index contributed by atoms with van der Waals surface area (Å²) in [5.74, 6) is 0.368. The molecule has 90 valence electrons. The van der Waals surface area contributed by atoms with Crippen LogP contribution in [0.5, 0.6) is 5.75 Å². The van der Waals surface area contributed by atoms with E-state index in [4.69, 9.17) is 4.74 Å². The normalized spacial score (nSPS) is 12.5. The molecule has 0 aromatic heterocycles. The second-order valence-corrected chi connectivity index (χ2v) is 4.96. The molecular weight excluding hydrogens is 271 g/mol. The number of hydrogen-bond donors (Lipinski definition) is 0.